The van der Waals surface area contributed by atoms with Crippen LogP contribution in [0.4, 0.5) is 0 Å². The summed E-state index contributed by atoms with van der Waals surface area (Å²) >= 11 is 0. The SMILES string of the molecule is CC(C)(C)[CH]C(=N)N. The maximum absolute atomic E-state index is 6.87. The van der Waals surface area contributed by atoms with Crippen LogP contribution in [0.5, 0.6) is 0 Å². The lowest BCUT2D eigenvalue weighted by molar-refractivity contribution is 0.516. The van der Waals surface area contributed by atoms with Gasteiger partial charge in [0.05, 0.1) is 5.84 Å². The normalized spacial score (nSPS) is 11.4. The molecule has 0 aliphatic heterocycles. The Hall–Kier alpha value is -0.530. The molecule has 0 heterocycles. The lowest BCUT2D eigenvalue weighted by Crippen LogP contribution is -2.19. The van der Waals surface area contributed by atoms with Crippen LogP contribution in [0.2, 0.25) is 0 Å². The number of amidine groups is 1. The molecular formula is C6H13N2. The van der Waals surface area contributed by atoms with E-state index < -0.39 is 0 Å². The molecule has 0 amide bonds. The quantitative estimate of drug-likeness (QED) is 0.389. The van der Waals surface area contributed by atoms with Crippen molar-refractivity contribution in [3.63, 3.8) is 0 Å². The molecule has 47 valence electrons. The van der Waals surface area contributed by atoms with Gasteiger partial charge in [-0.05, 0) is 5.41 Å². The molecule has 3 N–H and O–H groups in total. The van der Waals surface area contributed by atoms with Crippen molar-refractivity contribution in [2.45, 2.75) is 20.8 Å². The van der Waals surface area contributed by atoms with Gasteiger partial charge in [0.1, 0.15) is 0 Å². The highest BCUT2D eigenvalue weighted by molar-refractivity contribution is 5.86. The zero-order valence-electron chi connectivity index (χ0n) is 5.65. The second kappa shape index (κ2) is 2.16. The average Bonchev–Trinajstić information content (AvgIpc) is 1.21. The predicted molar refractivity (Wildman–Crippen MR) is 35.7 cm³/mol. The van der Waals surface area contributed by atoms with Crippen LogP contribution in [0.3, 0.4) is 0 Å². The van der Waals surface area contributed by atoms with Crippen LogP contribution < -0.4 is 5.73 Å². The van der Waals surface area contributed by atoms with Crippen molar-refractivity contribution in [2.75, 3.05) is 0 Å². The minimum atomic E-state index is 0.0475. The first-order chi connectivity index (χ1) is 3.42. The van der Waals surface area contributed by atoms with Gasteiger partial charge in [-0.1, -0.05) is 20.8 Å². The van der Waals surface area contributed by atoms with E-state index in [2.05, 4.69) is 0 Å². The molecule has 0 atom stereocenters. The molecule has 0 saturated carbocycles. The van der Waals surface area contributed by atoms with Gasteiger partial charge in [0.25, 0.3) is 0 Å². The van der Waals surface area contributed by atoms with Gasteiger partial charge >= 0.3 is 0 Å². The molecule has 2 nitrogen and oxygen atoms in total. The molecule has 0 bridgehead atoms. The third-order valence-corrected chi connectivity index (χ3v) is 0.589. The highest BCUT2D eigenvalue weighted by Gasteiger charge is 2.10. The molecule has 0 fully saturated rings. The smallest absolute Gasteiger partial charge is 0.0949 e. The Morgan fingerprint density at radius 1 is 1.50 bits per heavy atom. The molecule has 0 rings (SSSR count). The summed E-state index contributed by atoms with van der Waals surface area (Å²) in [6.45, 7) is 6.02. The first-order valence-electron chi connectivity index (χ1n) is 2.62. The second-order valence-corrected chi connectivity index (χ2v) is 2.97. The summed E-state index contributed by atoms with van der Waals surface area (Å²) < 4.78 is 0. The molecule has 0 unspecified atom stereocenters. The van der Waals surface area contributed by atoms with Crippen LogP contribution in [0, 0.1) is 17.2 Å². The first kappa shape index (κ1) is 7.47. The summed E-state index contributed by atoms with van der Waals surface area (Å²) in [5.74, 6) is 0.150. The number of hydrogen-bond donors (Lipinski definition) is 2. The van der Waals surface area contributed by atoms with Crippen LogP contribution in [0.1, 0.15) is 20.8 Å². The number of rotatable bonds is 1. The summed E-state index contributed by atoms with van der Waals surface area (Å²) in [5.41, 5.74) is 5.15. The third kappa shape index (κ3) is 5.47. The van der Waals surface area contributed by atoms with Gasteiger partial charge in [-0.25, -0.2) is 0 Å². The fourth-order valence-corrected chi connectivity index (χ4v) is 0.467. The molecule has 0 aromatic rings. The Balaban J connectivity index is 3.55. The summed E-state index contributed by atoms with van der Waals surface area (Å²) in [5, 5.41) is 6.87. The summed E-state index contributed by atoms with van der Waals surface area (Å²) in [4.78, 5) is 0. The van der Waals surface area contributed by atoms with E-state index in [1.165, 1.54) is 0 Å². The number of hydrogen-bond acceptors (Lipinski definition) is 1. The molecule has 0 aromatic heterocycles. The van der Waals surface area contributed by atoms with Gasteiger partial charge in [0, 0.05) is 6.42 Å². The van der Waals surface area contributed by atoms with Gasteiger partial charge in [-0.3, -0.25) is 5.41 Å². The van der Waals surface area contributed by atoms with Crippen LogP contribution in [0.15, 0.2) is 0 Å². The highest BCUT2D eigenvalue weighted by atomic mass is 14.7. The van der Waals surface area contributed by atoms with E-state index in [0.717, 1.165) is 0 Å². The van der Waals surface area contributed by atoms with E-state index in [1.54, 1.807) is 6.42 Å². The van der Waals surface area contributed by atoms with Crippen molar-refractivity contribution >= 4 is 5.84 Å². The third-order valence-electron chi connectivity index (χ3n) is 0.589. The Kier molecular flexibility index (Phi) is 2.02. The van der Waals surface area contributed by atoms with Gasteiger partial charge in [-0.2, -0.15) is 0 Å². The van der Waals surface area contributed by atoms with Crippen molar-refractivity contribution in [1.29, 1.82) is 5.41 Å². The zero-order chi connectivity index (χ0) is 6.78. The topological polar surface area (TPSA) is 49.9 Å². The van der Waals surface area contributed by atoms with Crippen LogP contribution in [-0.4, -0.2) is 5.84 Å². The fraction of sp³-hybridized carbons (Fsp3) is 0.667. The van der Waals surface area contributed by atoms with Crippen LogP contribution >= 0.6 is 0 Å². The molecule has 0 aromatic carbocycles. The summed E-state index contributed by atoms with van der Waals surface area (Å²) in [6, 6.07) is 0. The average molecular weight is 113 g/mol. The highest BCUT2D eigenvalue weighted by Crippen LogP contribution is 2.15. The van der Waals surface area contributed by atoms with Crippen molar-refractivity contribution < 1.29 is 0 Å². The second-order valence-electron chi connectivity index (χ2n) is 2.97. The van der Waals surface area contributed by atoms with E-state index in [0.29, 0.717) is 0 Å². The Morgan fingerprint density at radius 3 is 1.88 bits per heavy atom. The van der Waals surface area contributed by atoms with Gasteiger partial charge in [0.2, 0.25) is 0 Å². The Labute approximate surface area is 50.6 Å². The minimum absolute atomic E-state index is 0.0475. The fourth-order valence-electron chi connectivity index (χ4n) is 0.467. The van der Waals surface area contributed by atoms with Crippen molar-refractivity contribution in [1.82, 2.24) is 0 Å². The van der Waals surface area contributed by atoms with Crippen LogP contribution in [0.25, 0.3) is 0 Å². The lowest BCUT2D eigenvalue weighted by atomic mass is 9.92. The molecule has 1 radical (unpaired) electrons. The number of nitrogens with two attached hydrogens (primary N) is 1. The number of nitrogens with one attached hydrogen (secondary N) is 1. The minimum Gasteiger partial charge on any atom is -0.387 e. The Morgan fingerprint density at radius 2 is 1.88 bits per heavy atom. The largest absolute Gasteiger partial charge is 0.387 e. The zero-order valence-corrected chi connectivity index (χ0v) is 5.65. The van der Waals surface area contributed by atoms with Gasteiger partial charge in [0.15, 0.2) is 0 Å². The maximum Gasteiger partial charge on any atom is 0.0949 e. The Bertz CT molecular complexity index is 89.2. The maximum atomic E-state index is 6.87. The first-order valence-corrected chi connectivity index (χ1v) is 2.62. The molecule has 2 heteroatoms. The molecular weight excluding hydrogens is 100 g/mol. The lowest BCUT2D eigenvalue weighted by Gasteiger charge is -2.15. The van der Waals surface area contributed by atoms with Gasteiger partial charge < -0.3 is 5.73 Å². The van der Waals surface area contributed by atoms with Crippen LogP contribution in [-0.2, 0) is 0 Å². The van der Waals surface area contributed by atoms with E-state index in [4.69, 9.17) is 11.1 Å². The monoisotopic (exact) mass is 113 g/mol. The van der Waals surface area contributed by atoms with Crippen molar-refractivity contribution in [3.8, 4) is 0 Å². The van der Waals surface area contributed by atoms with Gasteiger partial charge in [-0.15, -0.1) is 0 Å². The van der Waals surface area contributed by atoms with Crippen molar-refractivity contribution in [2.24, 2.45) is 11.1 Å². The molecule has 0 aliphatic rings. The van der Waals surface area contributed by atoms with E-state index in [9.17, 15) is 0 Å². The predicted octanol–water partition coefficient (Wildman–Crippen LogP) is 1.17. The van der Waals surface area contributed by atoms with Crippen molar-refractivity contribution in [3.05, 3.63) is 6.42 Å². The molecule has 8 heavy (non-hydrogen) atoms. The molecule has 0 saturated heterocycles. The standard InChI is InChI=1S/C6H13N2/c1-6(2,3)4-5(7)8/h4H,1-3H3,(H3,7,8). The summed E-state index contributed by atoms with van der Waals surface area (Å²) in [7, 11) is 0. The molecule has 0 aliphatic carbocycles. The van der Waals surface area contributed by atoms with E-state index in [1.807, 2.05) is 20.8 Å². The van der Waals surface area contributed by atoms with E-state index >= 15 is 0 Å². The molecule has 0 spiro atoms. The van der Waals surface area contributed by atoms with E-state index in [-0.39, 0.29) is 11.3 Å². The summed E-state index contributed by atoms with van der Waals surface area (Å²) in [6.07, 6.45) is 1.72.